The second kappa shape index (κ2) is 9.78. The zero-order valence-corrected chi connectivity index (χ0v) is 18.8. The molecule has 1 fully saturated rings. The Bertz CT molecular complexity index is 1220. The number of amides is 1. The van der Waals surface area contributed by atoms with E-state index in [1.807, 2.05) is 10.8 Å². The minimum Gasteiger partial charge on any atom is -0.507 e. The number of benzene rings is 2. The van der Waals surface area contributed by atoms with Crippen LogP contribution in [0.4, 0.5) is 4.39 Å². The van der Waals surface area contributed by atoms with Crippen molar-refractivity contribution >= 4 is 17.4 Å². The molecule has 1 N–H and O–H groups in total. The van der Waals surface area contributed by atoms with Crippen LogP contribution in [0.15, 0.2) is 66.8 Å². The largest absolute Gasteiger partial charge is 0.507 e. The predicted molar refractivity (Wildman–Crippen MR) is 122 cm³/mol. The second-order valence-electron chi connectivity index (χ2n) is 7.76. The molecule has 3 aromatic rings. The summed E-state index contributed by atoms with van der Waals surface area (Å²) in [4.78, 5) is 31.7. The average molecular weight is 465 g/mol. The molecule has 176 valence electrons. The molecule has 2 aromatic carbocycles. The zero-order chi connectivity index (χ0) is 24.2. The van der Waals surface area contributed by atoms with Gasteiger partial charge in [0.05, 0.1) is 32.2 Å². The van der Waals surface area contributed by atoms with Crippen LogP contribution < -0.4 is 9.47 Å². The fourth-order valence-electron chi connectivity index (χ4n) is 4.09. The van der Waals surface area contributed by atoms with Gasteiger partial charge >= 0.3 is 0 Å². The summed E-state index contributed by atoms with van der Waals surface area (Å²) in [5.41, 5.74) is 0.628. The van der Waals surface area contributed by atoms with Gasteiger partial charge < -0.3 is 24.0 Å². The number of aliphatic hydroxyl groups is 1. The summed E-state index contributed by atoms with van der Waals surface area (Å²) >= 11 is 0. The van der Waals surface area contributed by atoms with Crippen LogP contribution in [0.2, 0.25) is 0 Å². The lowest BCUT2D eigenvalue weighted by Crippen LogP contribution is -2.31. The normalized spacial score (nSPS) is 17.3. The summed E-state index contributed by atoms with van der Waals surface area (Å²) in [6, 6.07) is 9.21. The monoisotopic (exact) mass is 465 g/mol. The van der Waals surface area contributed by atoms with E-state index in [9.17, 15) is 19.1 Å². The molecule has 1 amide bonds. The summed E-state index contributed by atoms with van der Waals surface area (Å²) in [6.07, 6.45) is 5.69. The van der Waals surface area contributed by atoms with Crippen molar-refractivity contribution in [1.29, 1.82) is 0 Å². The lowest BCUT2D eigenvalue weighted by molar-refractivity contribution is -0.140. The smallest absolute Gasteiger partial charge is 0.295 e. The van der Waals surface area contributed by atoms with E-state index in [0.29, 0.717) is 30.0 Å². The molecule has 4 rings (SSSR count). The molecule has 1 aromatic heterocycles. The molecule has 0 spiro atoms. The van der Waals surface area contributed by atoms with Crippen LogP contribution in [-0.4, -0.2) is 52.0 Å². The molecule has 9 heteroatoms. The highest BCUT2D eigenvalue weighted by molar-refractivity contribution is 6.46. The number of hydrogen-bond acceptors (Lipinski definition) is 6. The molecule has 1 aliphatic heterocycles. The lowest BCUT2D eigenvalue weighted by Gasteiger charge is -2.27. The van der Waals surface area contributed by atoms with E-state index in [-0.39, 0.29) is 23.4 Å². The fourth-order valence-corrected chi connectivity index (χ4v) is 4.09. The van der Waals surface area contributed by atoms with Gasteiger partial charge in [0.25, 0.3) is 11.7 Å². The molecule has 0 radical (unpaired) electrons. The number of nitrogens with zero attached hydrogens (tertiary/aromatic N) is 3. The molecule has 0 saturated carbocycles. The van der Waals surface area contributed by atoms with E-state index in [1.165, 1.54) is 43.4 Å². The van der Waals surface area contributed by atoms with Gasteiger partial charge in [-0.1, -0.05) is 0 Å². The first-order chi connectivity index (χ1) is 16.4. The first-order valence-electron chi connectivity index (χ1n) is 10.7. The van der Waals surface area contributed by atoms with Crippen molar-refractivity contribution in [2.75, 3.05) is 20.8 Å². The summed E-state index contributed by atoms with van der Waals surface area (Å²) in [7, 11) is 2.99. The van der Waals surface area contributed by atoms with Crippen molar-refractivity contribution in [3.63, 3.8) is 0 Å². The predicted octanol–water partition coefficient (Wildman–Crippen LogP) is 3.55. The quantitative estimate of drug-likeness (QED) is 0.311. The van der Waals surface area contributed by atoms with Crippen LogP contribution in [0, 0.1) is 5.82 Å². The number of rotatable bonds is 8. The molecular weight excluding hydrogens is 441 g/mol. The third kappa shape index (κ3) is 4.36. The van der Waals surface area contributed by atoms with Gasteiger partial charge in [-0.05, 0) is 48.9 Å². The van der Waals surface area contributed by atoms with Crippen LogP contribution >= 0.6 is 0 Å². The highest BCUT2D eigenvalue weighted by atomic mass is 19.1. The summed E-state index contributed by atoms with van der Waals surface area (Å²) in [6.45, 7) is 0.830. The van der Waals surface area contributed by atoms with Crippen molar-refractivity contribution in [2.45, 2.75) is 19.0 Å². The molecule has 8 nitrogen and oxygen atoms in total. The number of hydrogen-bond donors (Lipinski definition) is 1. The number of aliphatic hydroxyl groups excluding tert-OH is 1. The van der Waals surface area contributed by atoms with Crippen LogP contribution in [0.1, 0.15) is 23.6 Å². The maximum Gasteiger partial charge on any atom is 0.295 e. The molecule has 0 bridgehead atoms. The molecule has 0 aliphatic carbocycles. The van der Waals surface area contributed by atoms with Crippen LogP contribution in [-0.2, 0) is 16.1 Å². The van der Waals surface area contributed by atoms with Crippen molar-refractivity contribution in [2.24, 2.45) is 0 Å². The molecule has 1 saturated heterocycles. The Labute approximate surface area is 195 Å². The Balaban J connectivity index is 1.81. The molecule has 2 heterocycles. The van der Waals surface area contributed by atoms with E-state index >= 15 is 0 Å². The molecule has 1 atom stereocenters. The number of carbonyl (C=O) groups is 2. The van der Waals surface area contributed by atoms with Gasteiger partial charge in [-0.15, -0.1) is 0 Å². The summed E-state index contributed by atoms with van der Waals surface area (Å²) < 4.78 is 26.2. The van der Waals surface area contributed by atoms with Crippen LogP contribution in [0.3, 0.4) is 0 Å². The van der Waals surface area contributed by atoms with Gasteiger partial charge in [0.1, 0.15) is 23.1 Å². The van der Waals surface area contributed by atoms with Crippen molar-refractivity contribution in [3.05, 3.63) is 83.7 Å². The number of aryl methyl sites for hydroxylation is 1. The number of aromatic nitrogens is 2. The number of carbonyl (C=O) groups excluding carboxylic acids is 2. The maximum atomic E-state index is 13.4. The number of methoxy groups -OCH3 is 2. The molecule has 1 unspecified atom stereocenters. The second-order valence-corrected chi connectivity index (χ2v) is 7.76. The number of ketones is 1. The number of likely N-dealkylation sites (tertiary alicyclic amines) is 1. The average Bonchev–Trinajstić information content (AvgIpc) is 3.46. The first kappa shape index (κ1) is 23.0. The molecule has 1 aliphatic rings. The number of halogens is 1. The van der Waals surface area contributed by atoms with E-state index in [4.69, 9.17) is 9.47 Å². The zero-order valence-electron chi connectivity index (χ0n) is 18.8. The highest BCUT2D eigenvalue weighted by Crippen LogP contribution is 2.43. The van der Waals surface area contributed by atoms with Gasteiger partial charge in [0.15, 0.2) is 0 Å². The third-order valence-corrected chi connectivity index (χ3v) is 5.76. The third-order valence-electron chi connectivity index (χ3n) is 5.76. The number of Topliss-reactive ketones (excluding diaryl/α,β-unsaturated/α-hetero) is 1. The van der Waals surface area contributed by atoms with Crippen molar-refractivity contribution in [1.82, 2.24) is 14.5 Å². The Morgan fingerprint density at radius 1 is 1.09 bits per heavy atom. The Morgan fingerprint density at radius 3 is 2.50 bits per heavy atom. The van der Waals surface area contributed by atoms with E-state index < -0.39 is 23.5 Å². The van der Waals surface area contributed by atoms with Crippen LogP contribution in [0.25, 0.3) is 5.76 Å². The number of ether oxygens (including phenoxy) is 2. The Kier molecular flexibility index (Phi) is 6.62. The fraction of sp³-hybridized carbons (Fsp3) is 0.240. The molecule has 34 heavy (non-hydrogen) atoms. The first-order valence-corrected chi connectivity index (χ1v) is 10.7. The van der Waals surface area contributed by atoms with Crippen molar-refractivity contribution in [3.8, 4) is 11.5 Å². The van der Waals surface area contributed by atoms with Crippen molar-refractivity contribution < 1.29 is 28.6 Å². The minimum atomic E-state index is -0.919. The van der Waals surface area contributed by atoms with Gasteiger partial charge in [0.2, 0.25) is 0 Å². The standard InChI is InChI=1S/C25H24FN3O5/c1-33-18-8-9-20(34-2)19(14-18)22-21(23(30)16-4-6-17(26)7-5-16)24(31)25(32)29(22)12-3-11-28-13-10-27-15-28/h4-10,13-15,22,30H,3,11-12H2,1-2H3/b23-21+. The van der Waals surface area contributed by atoms with Crippen LogP contribution in [0.5, 0.6) is 11.5 Å². The summed E-state index contributed by atoms with van der Waals surface area (Å²) in [5.74, 6) is -1.49. The van der Waals surface area contributed by atoms with Gasteiger partial charge in [-0.25, -0.2) is 9.37 Å². The van der Waals surface area contributed by atoms with E-state index in [1.54, 1.807) is 30.7 Å². The van der Waals surface area contributed by atoms with E-state index in [0.717, 1.165) is 0 Å². The molecular formula is C25H24FN3O5. The summed E-state index contributed by atoms with van der Waals surface area (Å²) in [5, 5.41) is 11.1. The maximum absolute atomic E-state index is 13.4. The van der Waals surface area contributed by atoms with Gasteiger partial charge in [-0.2, -0.15) is 0 Å². The van der Waals surface area contributed by atoms with Gasteiger partial charge in [-0.3, -0.25) is 9.59 Å². The minimum absolute atomic E-state index is 0.0919. The number of imidazole rings is 1. The van der Waals surface area contributed by atoms with E-state index in [2.05, 4.69) is 4.98 Å². The van der Waals surface area contributed by atoms with Gasteiger partial charge in [0, 0.05) is 36.6 Å². The lowest BCUT2D eigenvalue weighted by atomic mass is 9.94. The Hall–Kier alpha value is -4.14. The SMILES string of the molecule is COc1ccc(OC)c(C2/C(=C(\O)c3ccc(F)cc3)C(=O)C(=O)N2CCCn2ccnc2)c1. The highest BCUT2D eigenvalue weighted by Gasteiger charge is 2.47. The topological polar surface area (TPSA) is 93.9 Å². The Morgan fingerprint density at radius 2 is 1.85 bits per heavy atom.